The summed E-state index contributed by atoms with van der Waals surface area (Å²) in [6.07, 6.45) is 7.94. The van der Waals surface area contributed by atoms with Crippen LogP contribution in [0.4, 0.5) is 0 Å². The molecule has 0 spiro atoms. The number of hydrogen-bond acceptors (Lipinski definition) is 0. The van der Waals surface area contributed by atoms with Crippen molar-refractivity contribution in [1.29, 1.82) is 0 Å². The van der Waals surface area contributed by atoms with Crippen LogP contribution in [0.1, 0.15) is 93.9 Å². The van der Waals surface area contributed by atoms with Gasteiger partial charge in [0.05, 0.1) is 0 Å². The molecule has 0 bridgehead atoms. The summed E-state index contributed by atoms with van der Waals surface area (Å²) in [6.45, 7) is 19.4. The first-order valence-electron chi connectivity index (χ1n) is 7.70. The van der Waals surface area contributed by atoms with Crippen molar-refractivity contribution in [3.05, 3.63) is 0 Å². The molecule has 0 radical (unpaired) electrons. The predicted octanol–water partition coefficient (Wildman–Crippen LogP) is 6.45. The summed E-state index contributed by atoms with van der Waals surface area (Å²) in [4.78, 5) is 0. The quantitative estimate of drug-likeness (QED) is 0.457. The zero-order valence-electron chi connectivity index (χ0n) is 13.7. The molecule has 0 aromatic carbocycles. The molecule has 0 heterocycles. The third-order valence-corrected chi connectivity index (χ3v) is 5.79. The molecule has 1 atom stereocenters. The first-order valence-corrected chi connectivity index (χ1v) is 7.70. The van der Waals surface area contributed by atoms with E-state index >= 15 is 0 Å². The fourth-order valence-electron chi connectivity index (χ4n) is 3.33. The van der Waals surface area contributed by atoms with Gasteiger partial charge >= 0.3 is 0 Å². The second kappa shape index (κ2) is 6.25. The fourth-order valence-corrected chi connectivity index (χ4v) is 3.33. The Morgan fingerprint density at radius 1 is 0.706 bits per heavy atom. The van der Waals surface area contributed by atoms with E-state index in [1.807, 2.05) is 0 Å². The molecular weight excluding hydrogens is 204 g/mol. The first kappa shape index (κ1) is 17.0. The van der Waals surface area contributed by atoms with Crippen molar-refractivity contribution < 1.29 is 0 Å². The van der Waals surface area contributed by atoms with Crippen LogP contribution in [0.15, 0.2) is 0 Å². The van der Waals surface area contributed by atoms with Crippen LogP contribution in [-0.4, -0.2) is 0 Å². The predicted molar refractivity (Wildman–Crippen MR) is 80.4 cm³/mol. The Labute approximate surface area is 111 Å². The Hall–Kier alpha value is 0. The summed E-state index contributed by atoms with van der Waals surface area (Å²) in [5.41, 5.74) is 1.46. The minimum atomic E-state index is 0.443. The van der Waals surface area contributed by atoms with E-state index in [2.05, 4.69) is 55.4 Å². The molecule has 1 unspecified atom stereocenters. The normalized spacial score (nSPS) is 16.9. The molecule has 17 heavy (non-hydrogen) atoms. The van der Waals surface area contributed by atoms with E-state index in [0.717, 1.165) is 0 Å². The molecule has 0 rings (SSSR count). The topological polar surface area (TPSA) is 0 Å². The van der Waals surface area contributed by atoms with Gasteiger partial charge in [0.25, 0.3) is 0 Å². The van der Waals surface area contributed by atoms with E-state index in [1.54, 1.807) is 0 Å². The molecule has 0 aliphatic carbocycles. The lowest BCUT2D eigenvalue weighted by atomic mass is 9.57. The van der Waals surface area contributed by atoms with Gasteiger partial charge in [0.15, 0.2) is 0 Å². The molecule has 0 aromatic rings. The Bertz CT molecular complexity index is 210. The second-order valence-electron chi connectivity index (χ2n) is 7.24. The summed E-state index contributed by atoms with van der Waals surface area (Å²) in [5.74, 6) is 0. The zero-order chi connectivity index (χ0) is 13.7. The van der Waals surface area contributed by atoms with Crippen LogP contribution in [0.5, 0.6) is 0 Å². The van der Waals surface area contributed by atoms with E-state index in [4.69, 9.17) is 0 Å². The van der Waals surface area contributed by atoms with Crippen molar-refractivity contribution in [3.8, 4) is 0 Å². The van der Waals surface area contributed by atoms with Crippen LogP contribution in [0, 0.1) is 16.2 Å². The van der Waals surface area contributed by atoms with Crippen molar-refractivity contribution >= 4 is 0 Å². The van der Waals surface area contributed by atoms with Crippen molar-refractivity contribution in [2.75, 3.05) is 0 Å². The van der Waals surface area contributed by atoms with Crippen LogP contribution in [0.25, 0.3) is 0 Å². The standard InChI is InChI=1S/C17H36/c1-9-13-17(8,12-4)15(5,6)14-16(7,10-2)11-3/h9-14H2,1-8H3. The van der Waals surface area contributed by atoms with Gasteiger partial charge in [-0.05, 0) is 29.1 Å². The number of rotatable bonds is 8. The molecule has 0 N–H and O–H groups in total. The van der Waals surface area contributed by atoms with Gasteiger partial charge in [-0.2, -0.15) is 0 Å². The van der Waals surface area contributed by atoms with Gasteiger partial charge < -0.3 is 0 Å². The lowest BCUT2D eigenvalue weighted by molar-refractivity contribution is 0.0173. The molecule has 0 aliphatic rings. The van der Waals surface area contributed by atoms with Crippen LogP contribution >= 0.6 is 0 Å². The number of hydrogen-bond donors (Lipinski definition) is 0. The summed E-state index contributed by atoms with van der Waals surface area (Å²) in [5, 5.41) is 0. The minimum absolute atomic E-state index is 0.443. The van der Waals surface area contributed by atoms with E-state index in [1.165, 1.54) is 38.5 Å². The lowest BCUT2D eigenvalue weighted by Crippen LogP contribution is -2.38. The Kier molecular flexibility index (Phi) is 6.25. The Morgan fingerprint density at radius 3 is 1.47 bits per heavy atom. The van der Waals surface area contributed by atoms with Gasteiger partial charge in [0.1, 0.15) is 0 Å². The monoisotopic (exact) mass is 240 g/mol. The average Bonchev–Trinajstić information content (AvgIpc) is 2.28. The largest absolute Gasteiger partial charge is 0.0654 e. The summed E-state index contributed by atoms with van der Waals surface area (Å²) in [6, 6.07) is 0. The Balaban J connectivity index is 4.97. The van der Waals surface area contributed by atoms with Crippen LogP contribution in [0.2, 0.25) is 0 Å². The molecular formula is C17H36. The second-order valence-corrected chi connectivity index (χ2v) is 7.24. The smallest absolute Gasteiger partial charge is 0.0277 e. The summed E-state index contributed by atoms with van der Waals surface area (Å²) < 4.78 is 0. The van der Waals surface area contributed by atoms with Gasteiger partial charge in [0, 0.05) is 0 Å². The molecule has 0 saturated heterocycles. The SMILES string of the molecule is CCCC(C)(CC)C(C)(C)CC(C)(CC)CC. The summed E-state index contributed by atoms with van der Waals surface area (Å²) in [7, 11) is 0. The highest BCUT2D eigenvalue weighted by atomic mass is 14.5. The van der Waals surface area contributed by atoms with Crippen molar-refractivity contribution in [2.24, 2.45) is 16.2 Å². The van der Waals surface area contributed by atoms with Crippen LogP contribution in [0.3, 0.4) is 0 Å². The maximum absolute atomic E-state index is 2.50. The molecule has 0 amide bonds. The highest BCUT2D eigenvalue weighted by molar-refractivity contribution is 4.92. The van der Waals surface area contributed by atoms with Gasteiger partial charge in [-0.3, -0.25) is 0 Å². The highest BCUT2D eigenvalue weighted by Gasteiger charge is 2.42. The van der Waals surface area contributed by atoms with Crippen LogP contribution in [-0.2, 0) is 0 Å². The molecule has 0 fully saturated rings. The molecule has 0 saturated carbocycles. The average molecular weight is 240 g/mol. The fraction of sp³-hybridized carbons (Fsp3) is 1.00. The van der Waals surface area contributed by atoms with E-state index in [9.17, 15) is 0 Å². The maximum atomic E-state index is 2.50. The molecule has 104 valence electrons. The van der Waals surface area contributed by atoms with Gasteiger partial charge in [-0.1, -0.05) is 81.1 Å². The van der Waals surface area contributed by atoms with Gasteiger partial charge in [0.2, 0.25) is 0 Å². The van der Waals surface area contributed by atoms with E-state index < -0.39 is 0 Å². The van der Waals surface area contributed by atoms with Crippen molar-refractivity contribution in [2.45, 2.75) is 93.9 Å². The van der Waals surface area contributed by atoms with Crippen LogP contribution < -0.4 is 0 Å². The molecule has 0 aliphatic heterocycles. The minimum Gasteiger partial charge on any atom is -0.0654 e. The zero-order valence-corrected chi connectivity index (χ0v) is 13.7. The molecule has 0 nitrogen and oxygen atoms in total. The third-order valence-electron chi connectivity index (χ3n) is 5.79. The van der Waals surface area contributed by atoms with Gasteiger partial charge in [-0.25, -0.2) is 0 Å². The van der Waals surface area contributed by atoms with Gasteiger partial charge in [-0.15, -0.1) is 0 Å². The first-order chi connectivity index (χ1) is 7.70. The molecule has 0 heteroatoms. The molecule has 0 aromatic heterocycles. The van der Waals surface area contributed by atoms with E-state index in [0.29, 0.717) is 16.2 Å². The van der Waals surface area contributed by atoms with E-state index in [-0.39, 0.29) is 0 Å². The maximum Gasteiger partial charge on any atom is -0.0277 e. The van der Waals surface area contributed by atoms with Crippen molar-refractivity contribution in [3.63, 3.8) is 0 Å². The Morgan fingerprint density at radius 2 is 1.18 bits per heavy atom. The highest BCUT2D eigenvalue weighted by Crippen LogP contribution is 2.52. The lowest BCUT2D eigenvalue weighted by Gasteiger charge is -2.48. The third kappa shape index (κ3) is 4.00. The van der Waals surface area contributed by atoms with Crippen molar-refractivity contribution in [1.82, 2.24) is 0 Å². The summed E-state index contributed by atoms with van der Waals surface area (Å²) >= 11 is 0.